The number of hydrogen-bond acceptors (Lipinski definition) is 4. The van der Waals surface area contributed by atoms with E-state index in [0.29, 0.717) is 24.4 Å². The van der Waals surface area contributed by atoms with Gasteiger partial charge in [0, 0.05) is 35.3 Å². The maximum absolute atomic E-state index is 11.0. The first-order valence-electron chi connectivity index (χ1n) is 6.22. The average molecular weight is 331 g/mol. The number of rotatable bonds is 7. The lowest BCUT2D eigenvalue weighted by atomic mass is 10.0. The van der Waals surface area contributed by atoms with E-state index in [-0.39, 0.29) is 23.3 Å². The molecule has 0 heterocycles. The van der Waals surface area contributed by atoms with Crippen molar-refractivity contribution in [3.8, 4) is 0 Å². The molecule has 0 fully saturated rings. The summed E-state index contributed by atoms with van der Waals surface area (Å²) < 4.78 is 0.818. The van der Waals surface area contributed by atoms with E-state index in [4.69, 9.17) is 5.11 Å². The summed E-state index contributed by atoms with van der Waals surface area (Å²) in [5.41, 5.74) is 0.755. The minimum atomic E-state index is -0.375. The fourth-order valence-corrected chi connectivity index (χ4v) is 2.33. The van der Waals surface area contributed by atoms with Crippen molar-refractivity contribution in [1.82, 2.24) is 5.32 Å². The van der Waals surface area contributed by atoms with Crippen LogP contribution >= 0.6 is 15.9 Å². The maximum Gasteiger partial charge on any atom is 0.273 e. The SMILES string of the molecule is CC(C)C(CCO)NCc1cc(Br)ccc1[N+](=O)[O-]. The maximum atomic E-state index is 11.0. The van der Waals surface area contributed by atoms with E-state index in [1.54, 1.807) is 12.1 Å². The Kier molecular flexibility index (Phi) is 6.41. The Balaban J connectivity index is 2.80. The zero-order valence-corrected chi connectivity index (χ0v) is 12.7. The first-order valence-corrected chi connectivity index (χ1v) is 7.02. The summed E-state index contributed by atoms with van der Waals surface area (Å²) >= 11 is 3.32. The van der Waals surface area contributed by atoms with Gasteiger partial charge in [-0.25, -0.2) is 0 Å². The van der Waals surface area contributed by atoms with Gasteiger partial charge in [0.2, 0.25) is 0 Å². The molecule has 0 aliphatic carbocycles. The molecule has 0 saturated carbocycles. The fourth-order valence-electron chi connectivity index (χ4n) is 1.93. The molecule has 106 valence electrons. The van der Waals surface area contributed by atoms with Crippen LogP contribution < -0.4 is 5.32 Å². The predicted molar refractivity (Wildman–Crippen MR) is 78.0 cm³/mol. The molecule has 2 N–H and O–H groups in total. The molecule has 0 radical (unpaired) electrons. The Labute approximate surface area is 121 Å². The van der Waals surface area contributed by atoms with Crippen molar-refractivity contribution >= 4 is 21.6 Å². The van der Waals surface area contributed by atoms with Crippen LogP contribution in [-0.4, -0.2) is 22.7 Å². The van der Waals surface area contributed by atoms with Crippen molar-refractivity contribution in [1.29, 1.82) is 0 Å². The number of benzene rings is 1. The average Bonchev–Trinajstić information content (AvgIpc) is 2.33. The molecule has 1 atom stereocenters. The van der Waals surface area contributed by atoms with Crippen LogP contribution in [0.1, 0.15) is 25.8 Å². The number of aliphatic hydroxyl groups is 1. The Morgan fingerprint density at radius 2 is 2.16 bits per heavy atom. The lowest BCUT2D eigenvalue weighted by Crippen LogP contribution is -2.34. The van der Waals surface area contributed by atoms with Crippen molar-refractivity contribution < 1.29 is 10.0 Å². The third-order valence-electron chi connectivity index (χ3n) is 3.04. The summed E-state index contributed by atoms with van der Waals surface area (Å²) in [5.74, 6) is 0.360. The normalized spacial score (nSPS) is 12.7. The van der Waals surface area contributed by atoms with Gasteiger partial charge in [-0.1, -0.05) is 29.8 Å². The van der Waals surface area contributed by atoms with Gasteiger partial charge in [-0.15, -0.1) is 0 Å². The highest BCUT2D eigenvalue weighted by atomic mass is 79.9. The molecule has 6 heteroatoms. The van der Waals surface area contributed by atoms with Gasteiger partial charge >= 0.3 is 0 Å². The van der Waals surface area contributed by atoms with Gasteiger partial charge in [0.1, 0.15) is 0 Å². The Morgan fingerprint density at radius 1 is 1.47 bits per heavy atom. The van der Waals surface area contributed by atoms with E-state index >= 15 is 0 Å². The van der Waals surface area contributed by atoms with E-state index in [1.165, 1.54) is 6.07 Å². The van der Waals surface area contributed by atoms with Crippen LogP contribution in [0.2, 0.25) is 0 Å². The number of nitrogens with one attached hydrogen (secondary N) is 1. The minimum absolute atomic E-state index is 0.108. The predicted octanol–water partition coefficient (Wildman–Crippen LogP) is 2.85. The van der Waals surface area contributed by atoms with E-state index in [0.717, 1.165) is 4.47 Å². The zero-order valence-electron chi connectivity index (χ0n) is 11.1. The summed E-state index contributed by atoms with van der Waals surface area (Å²) in [6.45, 7) is 4.64. The Morgan fingerprint density at radius 3 is 2.68 bits per heavy atom. The highest BCUT2D eigenvalue weighted by molar-refractivity contribution is 9.10. The summed E-state index contributed by atoms with van der Waals surface area (Å²) in [4.78, 5) is 10.6. The van der Waals surface area contributed by atoms with Crippen LogP contribution in [-0.2, 0) is 6.54 Å². The molecule has 0 aliphatic rings. The summed E-state index contributed by atoms with van der Waals surface area (Å²) in [5, 5.41) is 23.2. The number of nitrogens with zero attached hydrogens (tertiary/aromatic N) is 1. The van der Waals surface area contributed by atoms with Crippen LogP contribution in [0.15, 0.2) is 22.7 Å². The molecule has 0 aromatic heterocycles. The molecule has 0 amide bonds. The molecular formula is C13H19BrN2O3. The second-order valence-electron chi connectivity index (χ2n) is 4.77. The molecule has 1 aromatic carbocycles. The quantitative estimate of drug-likeness (QED) is 0.595. The van der Waals surface area contributed by atoms with Gasteiger partial charge in [0.25, 0.3) is 5.69 Å². The van der Waals surface area contributed by atoms with E-state index < -0.39 is 0 Å². The second-order valence-corrected chi connectivity index (χ2v) is 5.69. The molecule has 0 saturated heterocycles. The molecule has 19 heavy (non-hydrogen) atoms. The first-order chi connectivity index (χ1) is 8.95. The third kappa shape index (κ3) is 4.89. The smallest absolute Gasteiger partial charge is 0.273 e. The molecule has 0 spiro atoms. The van der Waals surface area contributed by atoms with Crippen LogP contribution in [0, 0.1) is 16.0 Å². The molecule has 1 aromatic rings. The molecule has 1 rings (SSSR count). The number of aliphatic hydroxyl groups excluding tert-OH is 1. The highest BCUT2D eigenvalue weighted by Gasteiger charge is 2.17. The van der Waals surface area contributed by atoms with Crippen molar-refractivity contribution in [2.24, 2.45) is 5.92 Å². The number of nitro benzene ring substituents is 1. The monoisotopic (exact) mass is 330 g/mol. The van der Waals surface area contributed by atoms with Crippen molar-refractivity contribution in [2.75, 3.05) is 6.61 Å². The van der Waals surface area contributed by atoms with Crippen LogP contribution in [0.3, 0.4) is 0 Å². The number of hydrogen-bond donors (Lipinski definition) is 2. The minimum Gasteiger partial charge on any atom is -0.396 e. The van der Waals surface area contributed by atoms with E-state index in [2.05, 4.69) is 35.1 Å². The van der Waals surface area contributed by atoms with Crippen LogP contribution in [0.5, 0.6) is 0 Å². The Hall–Kier alpha value is -0.980. The van der Waals surface area contributed by atoms with E-state index in [9.17, 15) is 10.1 Å². The zero-order chi connectivity index (χ0) is 14.4. The van der Waals surface area contributed by atoms with Gasteiger partial charge in [0.05, 0.1) is 4.92 Å². The van der Waals surface area contributed by atoms with Crippen LogP contribution in [0.4, 0.5) is 5.69 Å². The van der Waals surface area contributed by atoms with Gasteiger partial charge in [-0.2, -0.15) is 0 Å². The van der Waals surface area contributed by atoms with Gasteiger partial charge in [-0.3, -0.25) is 10.1 Å². The summed E-state index contributed by atoms with van der Waals surface area (Å²) in [6.07, 6.45) is 0.638. The first kappa shape index (κ1) is 16.1. The van der Waals surface area contributed by atoms with Gasteiger partial charge in [0.15, 0.2) is 0 Å². The third-order valence-corrected chi connectivity index (χ3v) is 3.53. The molecule has 0 aliphatic heterocycles. The molecule has 5 nitrogen and oxygen atoms in total. The van der Waals surface area contributed by atoms with Gasteiger partial charge in [-0.05, 0) is 24.5 Å². The van der Waals surface area contributed by atoms with Crippen molar-refractivity contribution in [2.45, 2.75) is 32.9 Å². The van der Waals surface area contributed by atoms with Gasteiger partial charge < -0.3 is 10.4 Å². The van der Waals surface area contributed by atoms with E-state index in [1.807, 2.05) is 0 Å². The fraction of sp³-hybridized carbons (Fsp3) is 0.538. The molecular weight excluding hydrogens is 312 g/mol. The standard InChI is InChI=1S/C13H19BrN2O3/c1-9(2)12(5-6-17)15-8-10-7-11(14)3-4-13(10)16(18)19/h3-4,7,9,12,15,17H,5-6,8H2,1-2H3. The van der Waals surface area contributed by atoms with Crippen molar-refractivity contribution in [3.63, 3.8) is 0 Å². The molecule has 1 unspecified atom stereocenters. The number of nitro groups is 1. The lowest BCUT2D eigenvalue weighted by molar-refractivity contribution is -0.385. The molecule has 0 bridgehead atoms. The van der Waals surface area contributed by atoms with Crippen molar-refractivity contribution in [3.05, 3.63) is 38.3 Å². The lowest BCUT2D eigenvalue weighted by Gasteiger charge is -2.21. The number of halogens is 1. The second kappa shape index (κ2) is 7.57. The topological polar surface area (TPSA) is 75.4 Å². The summed E-state index contributed by atoms with van der Waals surface area (Å²) in [7, 11) is 0. The largest absolute Gasteiger partial charge is 0.396 e. The van der Waals surface area contributed by atoms with Crippen LogP contribution in [0.25, 0.3) is 0 Å². The highest BCUT2D eigenvalue weighted by Crippen LogP contribution is 2.23. The Bertz CT molecular complexity index is 438. The summed E-state index contributed by atoms with van der Waals surface area (Å²) in [6, 6.07) is 5.05.